The average molecular weight is 196 g/mol. The Bertz CT molecular complexity index is 245. The molecule has 2 bridgehead atoms. The van der Waals surface area contributed by atoms with Crippen LogP contribution >= 0.6 is 0 Å². The molecule has 1 N–H and O–H groups in total. The Morgan fingerprint density at radius 1 is 1.29 bits per heavy atom. The number of rotatable bonds is 1. The Labute approximate surface area is 83.6 Å². The van der Waals surface area contributed by atoms with Gasteiger partial charge in [-0.3, -0.25) is 0 Å². The minimum absolute atomic E-state index is 0.101. The van der Waals surface area contributed by atoms with Crippen LogP contribution in [0.4, 0.5) is 4.79 Å². The molecule has 14 heavy (non-hydrogen) atoms. The molecule has 3 heterocycles. The molecule has 0 aliphatic carbocycles. The van der Waals surface area contributed by atoms with Crippen molar-refractivity contribution in [2.45, 2.75) is 43.8 Å². The van der Waals surface area contributed by atoms with E-state index in [0.29, 0.717) is 24.7 Å². The van der Waals surface area contributed by atoms with E-state index in [-0.39, 0.29) is 6.09 Å². The number of fused-ring (bicyclic) bond motifs is 2. The molecule has 3 saturated heterocycles. The molecular weight excluding hydrogens is 180 g/mol. The van der Waals surface area contributed by atoms with Gasteiger partial charge in [0.2, 0.25) is 0 Å². The smallest absolute Gasteiger partial charge is 0.410 e. The van der Waals surface area contributed by atoms with Gasteiger partial charge in [0.05, 0.1) is 6.54 Å². The van der Waals surface area contributed by atoms with E-state index in [2.05, 4.69) is 5.32 Å². The van der Waals surface area contributed by atoms with Crippen LogP contribution in [0, 0.1) is 0 Å². The summed E-state index contributed by atoms with van der Waals surface area (Å²) in [6.45, 7) is 1.38. The highest BCUT2D eigenvalue weighted by molar-refractivity contribution is 5.69. The molecule has 1 amide bonds. The van der Waals surface area contributed by atoms with Gasteiger partial charge in [0.25, 0.3) is 0 Å². The van der Waals surface area contributed by atoms with E-state index in [1.165, 1.54) is 12.8 Å². The summed E-state index contributed by atoms with van der Waals surface area (Å²) in [4.78, 5) is 13.3. The van der Waals surface area contributed by atoms with Gasteiger partial charge in [-0.2, -0.15) is 0 Å². The lowest BCUT2D eigenvalue weighted by atomic mass is 9.99. The van der Waals surface area contributed by atoms with E-state index in [9.17, 15) is 4.79 Å². The lowest BCUT2D eigenvalue weighted by Crippen LogP contribution is -2.48. The second-order valence-electron chi connectivity index (χ2n) is 4.57. The van der Waals surface area contributed by atoms with Crippen molar-refractivity contribution in [1.82, 2.24) is 10.2 Å². The lowest BCUT2D eigenvalue weighted by Gasteiger charge is -2.33. The van der Waals surface area contributed by atoms with Crippen molar-refractivity contribution in [2.24, 2.45) is 0 Å². The van der Waals surface area contributed by atoms with Crippen LogP contribution < -0.4 is 5.32 Å². The van der Waals surface area contributed by atoms with Crippen LogP contribution in [-0.4, -0.2) is 42.3 Å². The molecule has 4 heteroatoms. The number of carbonyl (C=O) groups is 1. The number of nitrogens with zero attached hydrogens (tertiary/aromatic N) is 1. The summed E-state index contributed by atoms with van der Waals surface area (Å²) in [5.74, 6) is 0. The van der Waals surface area contributed by atoms with E-state index < -0.39 is 0 Å². The Kier molecular flexibility index (Phi) is 1.90. The Hall–Kier alpha value is -0.770. The number of amides is 1. The van der Waals surface area contributed by atoms with Gasteiger partial charge >= 0.3 is 6.09 Å². The highest BCUT2D eigenvalue weighted by Gasteiger charge is 2.39. The van der Waals surface area contributed by atoms with Gasteiger partial charge in [0, 0.05) is 18.1 Å². The first-order chi connectivity index (χ1) is 6.83. The van der Waals surface area contributed by atoms with Crippen LogP contribution in [0.25, 0.3) is 0 Å². The maximum Gasteiger partial charge on any atom is 0.410 e. The van der Waals surface area contributed by atoms with Crippen molar-refractivity contribution in [3.05, 3.63) is 0 Å². The summed E-state index contributed by atoms with van der Waals surface area (Å²) in [6, 6.07) is 1.73. The van der Waals surface area contributed by atoms with Gasteiger partial charge in [0.1, 0.15) is 6.61 Å². The highest BCUT2D eigenvalue weighted by atomic mass is 16.6. The molecule has 0 radical (unpaired) electrons. The zero-order valence-electron chi connectivity index (χ0n) is 8.24. The largest absolute Gasteiger partial charge is 0.448 e. The number of cyclic esters (lactones) is 1. The first-order valence-corrected chi connectivity index (χ1v) is 5.52. The minimum Gasteiger partial charge on any atom is -0.448 e. The van der Waals surface area contributed by atoms with E-state index in [1.807, 2.05) is 4.90 Å². The fourth-order valence-corrected chi connectivity index (χ4v) is 3.02. The van der Waals surface area contributed by atoms with Gasteiger partial charge in [-0.15, -0.1) is 0 Å². The number of ether oxygens (including phenoxy) is 1. The molecule has 1 unspecified atom stereocenters. The fraction of sp³-hybridized carbons (Fsp3) is 0.900. The minimum atomic E-state index is -0.101. The molecule has 0 spiro atoms. The Balaban J connectivity index is 1.70. The van der Waals surface area contributed by atoms with Crippen LogP contribution in [0.3, 0.4) is 0 Å². The summed E-state index contributed by atoms with van der Waals surface area (Å²) in [5, 5.41) is 3.58. The molecule has 0 aromatic heterocycles. The first-order valence-electron chi connectivity index (χ1n) is 5.52. The predicted molar refractivity (Wildman–Crippen MR) is 51.0 cm³/mol. The molecule has 3 aliphatic heterocycles. The third kappa shape index (κ3) is 1.29. The van der Waals surface area contributed by atoms with Crippen LogP contribution in [0.5, 0.6) is 0 Å². The Morgan fingerprint density at radius 2 is 2.00 bits per heavy atom. The normalized spacial score (nSPS) is 41.6. The van der Waals surface area contributed by atoms with Crippen molar-refractivity contribution in [2.75, 3.05) is 13.2 Å². The third-order valence-corrected chi connectivity index (χ3v) is 3.68. The zero-order chi connectivity index (χ0) is 9.54. The second-order valence-corrected chi connectivity index (χ2v) is 4.57. The number of hydrogen-bond donors (Lipinski definition) is 1. The van der Waals surface area contributed by atoms with Gasteiger partial charge in [-0.05, 0) is 25.7 Å². The SMILES string of the molecule is O=C1OCCN1C1C[C@H]2CC[C@@H](C1)N2. The van der Waals surface area contributed by atoms with Crippen molar-refractivity contribution in [3.63, 3.8) is 0 Å². The molecule has 0 saturated carbocycles. The summed E-state index contributed by atoms with van der Waals surface area (Å²) in [7, 11) is 0. The summed E-state index contributed by atoms with van der Waals surface area (Å²) < 4.78 is 4.98. The van der Waals surface area contributed by atoms with E-state index >= 15 is 0 Å². The summed E-state index contributed by atoms with van der Waals surface area (Å²) in [5.41, 5.74) is 0. The number of hydrogen-bond acceptors (Lipinski definition) is 3. The van der Waals surface area contributed by atoms with E-state index in [1.54, 1.807) is 0 Å². The monoisotopic (exact) mass is 196 g/mol. The van der Waals surface area contributed by atoms with Crippen molar-refractivity contribution >= 4 is 6.09 Å². The van der Waals surface area contributed by atoms with Crippen LogP contribution in [-0.2, 0) is 4.74 Å². The molecule has 3 aliphatic rings. The van der Waals surface area contributed by atoms with Crippen LogP contribution in [0.2, 0.25) is 0 Å². The fourth-order valence-electron chi connectivity index (χ4n) is 3.02. The van der Waals surface area contributed by atoms with Gasteiger partial charge < -0.3 is 15.0 Å². The molecule has 0 aromatic carbocycles. The number of carbonyl (C=O) groups excluding carboxylic acids is 1. The average Bonchev–Trinajstić information content (AvgIpc) is 2.73. The number of piperidine rings is 1. The van der Waals surface area contributed by atoms with Crippen LogP contribution in [0.15, 0.2) is 0 Å². The van der Waals surface area contributed by atoms with Gasteiger partial charge in [-0.1, -0.05) is 0 Å². The molecule has 3 rings (SSSR count). The highest BCUT2D eigenvalue weighted by Crippen LogP contribution is 2.30. The van der Waals surface area contributed by atoms with Gasteiger partial charge in [0.15, 0.2) is 0 Å². The molecule has 0 aromatic rings. The van der Waals surface area contributed by atoms with Crippen molar-refractivity contribution < 1.29 is 9.53 Å². The quantitative estimate of drug-likeness (QED) is 0.672. The molecular formula is C10H16N2O2. The van der Waals surface area contributed by atoms with E-state index in [0.717, 1.165) is 19.4 Å². The molecule has 3 atom stereocenters. The van der Waals surface area contributed by atoms with Gasteiger partial charge in [-0.25, -0.2) is 4.79 Å². The Morgan fingerprint density at radius 3 is 2.57 bits per heavy atom. The maximum absolute atomic E-state index is 11.4. The second kappa shape index (κ2) is 3.12. The zero-order valence-corrected chi connectivity index (χ0v) is 8.24. The van der Waals surface area contributed by atoms with E-state index in [4.69, 9.17) is 4.74 Å². The molecule has 4 nitrogen and oxygen atoms in total. The topological polar surface area (TPSA) is 41.6 Å². The van der Waals surface area contributed by atoms with Crippen molar-refractivity contribution in [1.29, 1.82) is 0 Å². The summed E-state index contributed by atoms with van der Waals surface area (Å²) >= 11 is 0. The maximum atomic E-state index is 11.4. The first kappa shape index (κ1) is 8.53. The standard InChI is InChI=1S/C10H16N2O2/c13-10-12(3-4-14-10)9-5-7-1-2-8(6-9)11-7/h7-9,11H,1-6H2/t7-,8+,9?. The molecule has 78 valence electrons. The predicted octanol–water partition coefficient (Wildman–Crippen LogP) is 0.722. The van der Waals surface area contributed by atoms with Crippen LogP contribution in [0.1, 0.15) is 25.7 Å². The van der Waals surface area contributed by atoms with Crippen molar-refractivity contribution in [3.8, 4) is 0 Å². The molecule has 3 fully saturated rings. The lowest BCUT2D eigenvalue weighted by molar-refractivity contribution is 0.134. The number of nitrogens with one attached hydrogen (secondary N) is 1. The third-order valence-electron chi connectivity index (χ3n) is 3.68. The summed E-state index contributed by atoms with van der Waals surface area (Å²) in [6.07, 6.45) is 4.70.